The first-order chi connectivity index (χ1) is 14.4. The largest absolute Gasteiger partial charge is 0.406 e. The predicted molar refractivity (Wildman–Crippen MR) is 109 cm³/mol. The topological polar surface area (TPSA) is 66.8 Å². The van der Waals surface area contributed by atoms with Crippen molar-refractivity contribution in [1.82, 2.24) is 19.7 Å². The second-order valence-electron chi connectivity index (χ2n) is 7.44. The van der Waals surface area contributed by atoms with E-state index in [0.717, 1.165) is 36.3 Å². The van der Waals surface area contributed by atoms with E-state index in [0.29, 0.717) is 22.2 Å². The molecule has 5 rings (SSSR count). The molecule has 9 heteroatoms. The summed E-state index contributed by atoms with van der Waals surface area (Å²) in [7, 11) is 0. The standard InChI is InChI=1S/C21H18F3N5O/c22-21(23,24)12-29-16-7-3-5-13(18(16)19-14(20(29)30)11-25-27-19)15-6-4-8-17(26-15)28-9-1-2-10-28/h3-8,11H,1-2,9-10,12H2,(H,25,27). The van der Waals surface area contributed by atoms with Crippen molar-refractivity contribution in [3.63, 3.8) is 0 Å². The van der Waals surface area contributed by atoms with Crippen molar-refractivity contribution in [3.8, 4) is 11.3 Å². The number of fused-ring (bicyclic) bond motifs is 3. The molecule has 30 heavy (non-hydrogen) atoms. The zero-order valence-electron chi connectivity index (χ0n) is 15.9. The number of aromatic nitrogens is 4. The van der Waals surface area contributed by atoms with E-state index in [4.69, 9.17) is 4.98 Å². The number of pyridine rings is 2. The SMILES string of the molecule is O=c1c2cn[nH]c2c2c(-c3cccc(N4CCCC4)n3)cccc2n1CC(F)(F)F. The van der Waals surface area contributed by atoms with Crippen molar-refractivity contribution in [1.29, 1.82) is 0 Å². The molecule has 3 aromatic heterocycles. The van der Waals surface area contributed by atoms with E-state index in [1.807, 2.05) is 18.2 Å². The van der Waals surface area contributed by atoms with Gasteiger partial charge in [0.2, 0.25) is 0 Å². The minimum atomic E-state index is -4.53. The highest BCUT2D eigenvalue weighted by molar-refractivity contribution is 6.10. The summed E-state index contributed by atoms with van der Waals surface area (Å²) in [5.74, 6) is 0.839. The number of H-pyrrole nitrogens is 1. The van der Waals surface area contributed by atoms with Gasteiger partial charge in [-0.2, -0.15) is 18.3 Å². The molecule has 4 heterocycles. The predicted octanol–water partition coefficient (Wildman–Crippen LogP) is 4.10. The van der Waals surface area contributed by atoms with Gasteiger partial charge in [0.1, 0.15) is 12.4 Å². The molecular weight excluding hydrogens is 395 g/mol. The lowest BCUT2D eigenvalue weighted by molar-refractivity contribution is -0.140. The molecule has 1 aromatic carbocycles. The van der Waals surface area contributed by atoms with Crippen LogP contribution in [-0.4, -0.2) is 39.0 Å². The third-order valence-electron chi connectivity index (χ3n) is 5.48. The molecule has 0 unspecified atom stereocenters. The van der Waals surface area contributed by atoms with E-state index in [-0.39, 0.29) is 10.9 Å². The zero-order valence-corrected chi connectivity index (χ0v) is 15.9. The van der Waals surface area contributed by atoms with Crippen LogP contribution in [-0.2, 0) is 6.54 Å². The molecule has 0 spiro atoms. The minimum Gasteiger partial charge on any atom is -0.357 e. The molecule has 0 atom stereocenters. The van der Waals surface area contributed by atoms with E-state index in [9.17, 15) is 18.0 Å². The summed E-state index contributed by atoms with van der Waals surface area (Å²) in [6.45, 7) is 0.498. The Labute approximate surface area is 169 Å². The van der Waals surface area contributed by atoms with E-state index < -0.39 is 18.3 Å². The van der Waals surface area contributed by atoms with Crippen LogP contribution >= 0.6 is 0 Å². The molecule has 0 amide bonds. The fourth-order valence-corrected chi connectivity index (χ4v) is 4.17. The van der Waals surface area contributed by atoms with Crippen LogP contribution in [0.1, 0.15) is 12.8 Å². The van der Waals surface area contributed by atoms with Gasteiger partial charge in [0.25, 0.3) is 5.56 Å². The molecule has 0 saturated carbocycles. The quantitative estimate of drug-likeness (QED) is 0.549. The summed E-state index contributed by atoms with van der Waals surface area (Å²) in [4.78, 5) is 19.7. The second kappa shape index (κ2) is 6.86. The Kier molecular flexibility index (Phi) is 4.27. The van der Waals surface area contributed by atoms with Crippen LogP contribution in [0.2, 0.25) is 0 Å². The van der Waals surface area contributed by atoms with Gasteiger partial charge in [-0.05, 0) is 31.0 Å². The number of rotatable bonds is 3. The molecule has 154 valence electrons. The summed E-state index contributed by atoms with van der Waals surface area (Å²) in [5, 5.41) is 7.33. The average Bonchev–Trinajstić information content (AvgIpc) is 3.42. The first-order valence-electron chi connectivity index (χ1n) is 9.70. The van der Waals surface area contributed by atoms with Crippen LogP contribution in [0.4, 0.5) is 19.0 Å². The number of halogens is 3. The molecule has 1 aliphatic heterocycles. The lowest BCUT2D eigenvalue weighted by Crippen LogP contribution is -2.28. The van der Waals surface area contributed by atoms with Gasteiger partial charge < -0.3 is 4.90 Å². The van der Waals surface area contributed by atoms with Crippen LogP contribution in [0.15, 0.2) is 47.4 Å². The van der Waals surface area contributed by atoms with Gasteiger partial charge in [-0.1, -0.05) is 18.2 Å². The molecule has 0 radical (unpaired) electrons. The Bertz CT molecular complexity index is 1300. The van der Waals surface area contributed by atoms with Crippen LogP contribution < -0.4 is 10.5 Å². The first kappa shape index (κ1) is 18.7. The van der Waals surface area contributed by atoms with Crippen molar-refractivity contribution in [2.24, 2.45) is 0 Å². The average molecular weight is 413 g/mol. The molecule has 1 saturated heterocycles. The van der Waals surface area contributed by atoms with Crippen molar-refractivity contribution < 1.29 is 13.2 Å². The molecule has 0 aliphatic carbocycles. The number of hydrogen-bond acceptors (Lipinski definition) is 4. The molecule has 1 aliphatic rings. The fraction of sp³-hybridized carbons (Fsp3) is 0.286. The Balaban J connectivity index is 1.78. The number of nitrogens with one attached hydrogen (secondary N) is 1. The van der Waals surface area contributed by atoms with E-state index in [1.165, 1.54) is 12.3 Å². The molecule has 1 fully saturated rings. The van der Waals surface area contributed by atoms with Crippen LogP contribution in [0.3, 0.4) is 0 Å². The Morgan fingerprint density at radius 3 is 2.60 bits per heavy atom. The summed E-state index contributed by atoms with van der Waals surface area (Å²) in [6.07, 6.45) is -1.04. The molecule has 6 nitrogen and oxygen atoms in total. The first-order valence-corrected chi connectivity index (χ1v) is 9.70. The number of aromatic amines is 1. The molecular formula is C21H18F3N5O. The third kappa shape index (κ3) is 3.10. The lowest BCUT2D eigenvalue weighted by Gasteiger charge is -2.18. The number of benzene rings is 1. The van der Waals surface area contributed by atoms with Crippen molar-refractivity contribution in [2.75, 3.05) is 18.0 Å². The van der Waals surface area contributed by atoms with E-state index in [1.54, 1.807) is 12.1 Å². The number of hydrogen-bond donors (Lipinski definition) is 1. The maximum absolute atomic E-state index is 13.2. The van der Waals surface area contributed by atoms with Crippen LogP contribution in [0, 0.1) is 0 Å². The minimum absolute atomic E-state index is 0.120. The van der Waals surface area contributed by atoms with Crippen molar-refractivity contribution in [2.45, 2.75) is 25.6 Å². The Morgan fingerprint density at radius 2 is 1.83 bits per heavy atom. The Hall–Kier alpha value is -3.36. The highest BCUT2D eigenvalue weighted by atomic mass is 19.4. The molecule has 4 aromatic rings. The van der Waals surface area contributed by atoms with E-state index >= 15 is 0 Å². The summed E-state index contributed by atoms with van der Waals surface area (Å²) >= 11 is 0. The summed E-state index contributed by atoms with van der Waals surface area (Å²) < 4.78 is 40.4. The van der Waals surface area contributed by atoms with Gasteiger partial charge in [0.05, 0.1) is 28.3 Å². The summed E-state index contributed by atoms with van der Waals surface area (Å²) in [6, 6.07) is 10.6. The monoisotopic (exact) mass is 413 g/mol. The van der Waals surface area contributed by atoms with Gasteiger partial charge in [-0.3, -0.25) is 14.5 Å². The van der Waals surface area contributed by atoms with E-state index in [2.05, 4.69) is 15.1 Å². The second-order valence-corrected chi connectivity index (χ2v) is 7.44. The zero-order chi connectivity index (χ0) is 20.9. The highest BCUT2D eigenvalue weighted by Crippen LogP contribution is 2.33. The van der Waals surface area contributed by atoms with Gasteiger partial charge in [0, 0.05) is 24.0 Å². The normalized spacial score (nSPS) is 14.8. The molecule has 0 bridgehead atoms. The van der Waals surface area contributed by atoms with Gasteiger partial charge in [0.15, 0.2) is 0 Å². The summed E-state index contributed by atoms with van der Waals surface area (Å²) in [5.41, 5.74) is 1.17. The van der Waals surface area contributed by atoms with Gasteiger partial charge in [-0.25, -0.2) is 4.98 Å². The fourth-order valence-electron chi connectivity index (χ4n) is 4.17. The number of nitrogens with zero attached hydrogens (tertiary/aromatic N) is 4. The van der Waals surface area contributed by atoms with Crippen molar-refractivity contribution >= 4 is 27.6 Å². The Morgan fingerprint density at radius 1 is 1.07 bits per heavy atom. The smallest absolute Gasteiger partial charge is 0.357 e. The van der Waals surface area contributed by atoms with Crippen LogP contribution in [0.5, 0.6) is 0 Å². The van der Waals surface area contributed by atoms with Gasteiger partial charge >= 0.3 is 6.18 Å². The maximum Gasteiger partial charge on any atom is 0.406 e. The van der Waals surface area contributed by atoms with Gasteiger partial charge in [-0.15, -0.1) is 0 Å². The number of alkyl halides is 3. The molecule has 1 N–H and O–H groups in total. The third-order valence-corrected chi connectivity index (χ3v) is 5.48. The highest BCUT2D eigenvalue weighted by Gasteiger charge is 2.30. The van der Waals surface area contributed by atoms with Crippen molar-refractivity contribution in [3.05, 3.63) is 52.9 Å². The van der Waals surface area contributed by atoms with Crippen LogP contribution in [0.25, 0.3) is 33.1 Å². The number of anilines is 1. The maximum atomic E-state index is 13.2. The lowest BCUT2D eigenvalue weighted by atomic mass is 10.0.